The minimum Gasteiger partial charge on any atom is -0.369 e. The Kier molecular flexibility index (Phi) is 5.99. The molecule has 1 aromatic carbocycles. The highest BCUT2D eigenvalue weighted by Gasteiger charge is 2.72. The first-order valence-corrected chi connectivity index (χ1v) is 7.69. The zero-order chi connectivity index (χ0) is 19.8. The molecule has 0 saturated carbocycles. The summed E-state index contributed by atoms with van der Waals surface area (Å²) in [6.45, 7) is 7.57. The molecule has 0 amide bonds. The number of benzene rings is 1. The first-order chi connectivity index (χ1) is 11.1. The smallest absolute Gasteiger partial charge is 0.369 e. The van der Waals surface area contributed by atoms with Crippen LogP contribution in [0.15, 0.2) is 23.2 Å². The minimum atomic E-state index is -5.94. The molecule has 1 rings (SSSR count). The summed E-state index contributed by atoms with van der Waals surface area (Å²) in [6, 6.07) is 4.88. The average Bonchev–Trinajstić information content (AvgIpc) is 2.43. The van der Waals surface area contributed by atoms with Crippen LogP contribution >= 0.6 is 0 Å². The Balaban J connectivity index is 3.73. The number of aliphatic imine (C=N–C) groups is 1. The molecule has 8 heteroatoms. The summed E-state index contributed by atoms with van der Waals surface area (Å²) in [5.74, 6) is -0.342. The van der Waals surface area contributed by atoms with E-state index in [-0.39, 0.29) is 17.5 Å². The predicted molar refractivity (Wildman–Crippen MR) is 84.4 cm³/mol. The van der Waals surface area contributed by atoms with E-state index in [1.54, 1.807) is 45.9 Å². The summed E-state index contributed by atoms with van der Waals surface area (Å²) in [7, 11) is 0. The molecule has 2 nitrogen and oxygen atoms in total. The molecule has 0 bridgehead atoms. The summed E-state index contributed by atoms with van der Waals surface area (Å²) in [5.41, 5.74) is -5.40. The molecular formula is C17H21F6NO. The van der Waals surface area contributed by atoms with Gasteiger partial charge in [0.15, 0.2) is 0 Å². The van der Waals surface area contributed by atoms with Gasteiger partial charge < -0.3 is 5.11 Å². The molecule has 0 spiro atoms. The van der Waals surface area contributed by atoms with Gasteiger partial charge in [0.05, 0.1) is 11.4 Å². The largest absolute Gasteiger partial charge is 0.431 e. The zero-order valence-corrected chi connectivity index (χ0v) is 14.5. The molecule has 25 heavy (non-hydrogen) atoms. The summed E-state index contributed by atoms with van der Waals surface area (Å²) < 4.78 is 78.1. The molecular weight excluding hydrogens is 348 g/mol. The number of alkyl halides is 6. The van der Waals surface area contributed by atoms with E-state index < -0.39 is 23.7 Å². The molecule has 0 atom stereocenters. The maximum atomic E-state index is 13.0. The second-order valence-corrected chi connectivity index (χ2v) is 6.50. The first kappa shape index (κ1) is 21.5. The Labute approximate surface area is 142 Å². The van der Waals surface area contributed by atoms with Crippen LogP contribution in [0.2, 0.25) is 0 Å². The van der Waals surface area contributed by atoms with E-state index in [1.165, 1.54) is 0 Å². The van der Waals surface area contributed by atoms with Crippen LogP contribution in [0, 0.1) is 0 Å². The highest BCUT2D eigenvalue weighted by atomic mass is 19.4. The normalized spacial score (nSPS) is 14.6. The maximum Gasteiger partial charge on any atom is 0.431 e. The molecule has 0 saturated heterocycles. The van der Waals surface area contributed by atoms with Gasteiger partial charge in [0.2, 0.25) is 0 Å². The van der Waals surface area contributed by atoms with E-state index in [0.717, 1.165) is 0 Å². The molecule has 0 aliphatic heterocycles. The van der Waals surface area contributed by atoms with E-state index >= 15 is 0 Å². The van der Waals surface area contributed by atoms with Crippen molar-refractivity contribution in [3.05, 3.63) is 29.3 Å². The van der Waals surface area contributed by atoms with Gasteiger partial charge in [-0.1, -0.05) is 45.9 Å². The van der Waals surface area contributed by atoms with Crippen molar-refractivity contribution in [3.63, 3.8) is 0 Å². The van der Waals surface area contributed by atoms with Crippen LogP contribution < -0.4 is 0 Å². The molecule has 1 N–H and O–H groups in total. The van der Waals surface area contributed by atoms with E-state index in [4.69, 9.17) is 0 Å². The van der Waals surface area contributed by atoms with E-state index in [0.29, 0.717) is 18.1 Å². The van der Waals surface area contributed by atoms with Crippen molar-refractivity contribution in [2.45, 2.75) is 64.4 Å². The lowest BCUT2D eigenvalue weighted by molar-refractivity contribution is -0.338. The molecule has 0 aliphatic carbocycles. The highest BCUT2D eigenvalue weighted by Crippen LogP contribution is 2.45. The molecule has 0 aromatic heterocycles. The number of rotatable bonds is 4. The van der Waals surface area contributed by atoms with Gasteiger partial charge in [-0.3, -0.25) is 4.99 Å². The standard InChI is InChI=1S/C17H21F6NO/c1-9(2)12-7-6-8-13(10(3)4)14(12)24-11(5)15(25,16(18,19)20)17(21,22)23/h6-10,25H,1-5H3. The monoisotopic (exact) mass is 369 g/mol. The van der Waals surface area contributed by atoms with Crippen molar-refractivity contribution in [3.8, 4) is 0 Å². The summed E-state index contributed by atoms with van der Waals surface area (Å²) >= 11 is 0. The van der Waals surface area contributed by atoms with Crippen LogP contribution in [0.25, 0.3) is 0 Å². The number of para-hydroxylation sites is 1. The second kappa shape index (κ2) is 6.97. The Morgan fingerprint density at radius 2 is 1.24 bits per heavy atom. The van der Waals surface area contributed by atoms with Gasteiger partial charge in [-0.05, 0) is 29.9 Å². The lowest BCUT2D eigenvalue weighted by atomic mass is 9.91. The zero-order valence-electron chi connectivity index (χ0n) is 14.5. The average molecular weight is 369 g/mol. The third-order valence-electron chi connectivity index (χ3n) is 3.97. The SMILES string of the molecule is CC(=Nc1c(C(C)C)cccc1C(C)C)C(O)(C(F)(F)F)C(F)(F)F. The van der Waals surface area contributed by atoms with Crippen LogP contribution in [0.1, 0.15) is 57.6 Å². The van der Waals surface area contributed by atoms with Gasteiger partial charge in [-0.25, -0.2) is 0 Å². The summed E-state index contributed by atoms with van der Waals surface area (Å²) in [4.78, 5) is 3.63. The van der Waals surface area contributed by atoms with Gasteiger partial charge in [0.25, 0.3) is 5.60 Å². The number of nitrogens with zero attached hydrogens (tertiary/aromatic N) is 1. The molecule has 142 valence electrons. The van der Waals surface area contributed by atoms with Crippen LogP contribution in [0.3, 0.4) is 0 Å². The fourth-order valence-corrected chi connectivity index (χ4v) is 2.46. The fraction of sp³-hybridized carbons (Fsp3) is 0.588. The van der Waals surface area contributed by atoms with Gasteiger partial charge >= 0.3 is 12.4 Å². The molecule has 0 fully saturated rings. The number of hydrogen-bond acceptors (Lipinski definition) is 2. The highest BCUT2D eigenvalue weighted by molar-refractivity contribution is 5.94. The van der Waals surface area contributed by atoms with Crippen LogP contribution in [-0.4, -0.2) is 28.8 Å². The van der Waals surface area contributed by atoms with Crippen LogP contribution in [0.4, 0.5) is 32.0 Å². The lowest BCUT2D eigenvalue weighted by Crippen LogP contribution is -2.61. The first-order valence-electron chi connectivity index (χ1n) is 7.69. The third-order valence-corrected chi connectivity index (χ3v) is 3.97. The van der Waals surface area contributed by atoms with Crippen LogP contribution in [0.5, 0.6) is 0 Å². The van der Waals surface area contributed by atoms with Gasteiger partial charge in [-0.15, -0.1) is 0 Å². The summed E-state index contributed by atoms with van der Waals surface area (Å²) in [6.07, 6.45) is -11.9. The lowest BCUT2D eigenvalue weighted by Gasteiger charge is -2.32. The second-order valence-electron chi connectivity index (χ2n) is 6.50. The van der Waals surface area contributed by atoms with Crippen molar-refractivity contribution in [2.24, 2.45) is 4.99 Å². The Morgan fingerprint density at radius 3 is 1.52 bits per heavy atom. The topological polar surface area (TPSA) is 32.6 Å². The van der Waals surface area contributed by atoms with Gasteiger partial charge in [0.1, 0.15) is 0 Å². The van der Waals surface area contributed by atoms with E-state index in [2.05, 4.69) is 4.99 Å². The maximum absolute atomic E-state index is 13.0. The van der Waals surface area contributed by atoms with Gasteiger partial charge in [0, 0.05) is 0 Å². The molecule has 1 aromatic rings. The fourth-order valence-electron chi connectivity index (χ4n) is 2.46. The number of halogens is 6. The molecule has 0 unspecified atom stereocenters. The Bertz CT molecular complexity index is 603. The quantitative estimate of drug-likeness (QED) is 0.522. The number of aliphatic hydroxyl groups is 1. The van der Waals surface area contributed by atoms with Crippen molar-refractivity contribution in [1.29, 1.82) is 0 Å². The molecule has 0 heterocycles. The minimum absolute atomic E-state index is 0.0388. The van der Waals surface area contributed by atoms with Crippen molar-refractivity contribution in [1.82, 2.24) is 0 Å². The van der Waals surface area contributed by atoms with Gasteiger partial charge in [-0.2, -0.15) is 26.3 Å². The Morgan fingerprint density at radius 1 is 0.880 bits per heavy atom. The van der Waals surface area contributed by atoms with Crippen molar-refractivity contribution < 1.29 is 31.4 Å². The Hall–Kier alpha value is -1.57. The molecule has 0 radical (unpaired) electrons. The van der Waals surface area contributed by atoms with E-state index in [1.807, 2.05) is 0 Å². The van der Waals surface area contributed by atoms with Crippen molar-refractivity contribution >= 4 is 11.4 Å². The van der Waals surface area contributed by atoms with Crippen LogP contribution in [-0.2, 0) is 0 Å². The van der Waals surface area contributed by atoms with E-state index in [9.17, 15) is 31.4 Å². The third kappa shape index (κ3) is 3.99. The number of hydrogen-bond donors (Lipinski definition) is 1. The molecule has 0 aliphatic rings. The predicted octanol–water partition coefficient (Wildman–Crippen LogP) is 5.88. The van der Waals surface area contributed by atoms with Crippen molar-refractivity contribution in [2.75, 3.05) is 0 Å². The summed E-state index contributed by atoms with van der Waals surface area (Å²) in [5, 5.41) is 9.49.